The SMILES string of the molecule is CCOC(=O)C1CCCCN1C(=O)CSc1nnc(Nc2ccccc2OCC)s1. The van der Waals surface area contributed by atoms with Crippen molar-refractivity contribution in [3.05, 3.63) is 24.3 Å². The average molecular weight is 451 g/mol. The van der Waals surface area contributed by atoms with Crippen LogP contribution in [0.2, 0.25) is 0 Å². The number of benzene rings is 1. The Hall–Kier alpha value is -2.33. The zero-order valence-electron chi connectivity index (χ0n) is 17.1. The van der Waals surface area contributed by atoms with E-state index in [4.69, 9.17) is 9.47 Å². The molecule has 1 saturated heterocycles. The van der Waals surface area contributed by atoms with E-state index in [0.29, 0.717) is 35.7 Å². The van der Waals surface area contributed by atoms with Crippen LogP contribution in [0, 0.1) is 0 Å². The summed E-state index contributed by atoms with van der Waals surface area (Å²) >= 11 is 2.70. The van der Waals surface area contributed by atoms with Crippen LogP contribution in [0.3, 0.4) is 0 Å². The molecule has 1 amide bonds. The number of aromatic nitrogens is 2. The molecule has 2 heterocycles. The maximum Gasteiger partial charge on any atom is 0.328 e. The number of hydrogen-bond donors (Lipinski definition) is 1. The van der Waals surface area contributed by atoms with Crippen LogP contribution in [0.5, 0.6) is 5.75 Å². The molecule has 1 unspecified atom stereocenters. The Morgan fingerprint density at radius 2 is 2.07 bits per heavy atom. The molecular formula is C20H26N4O4S2. The molecule has 0 aliphatic carbocycles. The number of nitrogens with zero attached hydrogens (tertiary/aromatic N) is 3. The van der Waals surface area contributed by atoms with Gasteiger partial charge in [0.05, 0.1) is 24.7 Å². The van der Waals surface area contributed by atoms with E-state index in [9.17, 15) is 9.59 Å². The smallest absolute Gasteiger partial charge is 0.328 e. The third-order valence-corrected chi connectivity index (χ3v) is 6.49. The Morgan fingerprint density at radius 1 is 1.23 bits per heavy atom. The summed E-state index contributed by atoms with van der Waals surface area (Å²) in [6.45, 7) is 5.18. The van der Waals surface area contributed by atoms with Crippen molar-refractivity contribution in [3.8, 4) is 5.75 Å². The number of anilines is 2. The number of esters is 1. The minimum absolute atomic E-state index is 0.0795. The quantitative estimate of drug-likeness (QED) is 0.456. The number of hydrogen-bond acceptors (Lipinski definition) is 9. The first-order chi connectivity index (χ1) is 14.6. The fourth-order valence-corrected chi connectivity index (χ4v) is 4.86. The minimum Gasteiger partial charge on any atom is -0.492 e. The van der Waals surface area contributed by atoms with Gasteiger partial charge in [0.2, 0.25) is 11.0 Å². The Labute approximate surface area is 184 Å². The standard InChI is InChI=1S/C20H26N4O4S2/c1-3-27-16-11-6-5-9-14(16)21-19-22-23-20(30-19)29-13-17(25)24-12-8-7-10-15(24)18(26)28-4-2/h5-6,9,11,15H,3-4,7-8,10,12-13H2,1-2H3,(H,21,22). The highest BCUT2D eigenvalue weighted by Gasteiger charge is 2.33. The normalized spacial score (nSPS) is 16.2. The van der Waals surface area contributed by atoms with E-state index in [1.165, 1.54) is 23.1 Å². The largest absolute Gasteiger partial charge is 0.492 e. The summed E-state index contributed by atoms with van der Waals surface area (Å²) in [5.41, 5.74) is 0.814. The number of amides is 1. The molecular weight excluding hydrogens is 424 g/mol. The van der Waals surface area contributed by atoms with Gasteiger partial charge in [0.15, 0.2) is 4.34 Å². The number of ether oxygens (including phenoxy) is 2. The van der Waals surface area contributed by atoms with Crippen LogP contribution in [-0.4, -0.2) is 58.5 Å². The Bertz CT molecular complexity index is 861. The van der Waals surface area contributed by atoms with Gasteiger partial charge in [-0.2, -0.15) is 0 Å². The predicted octanol–water partition coefficient (Wildman–Crippen LogP) is 3.72. The Balaban J connectivity index is 1.57. The van der Waals surface area contributed by atoms with Crippen molar-refractivity contribution in [1.29, 1.82) is 0 Å². The molecule has 0 spiro atoms. The van der Waals surface area contributed by atoms with Crippen molar-refractivity contribution in [2.75, 3.05) is 30.8 Å². The van der Waals surface area contributed by atoms with E-state index in [1.807, 2.05) is 31.2 Å². The van der Waals surface area contributed by atoms with Gasteiger partial charge < -0.3 is 19.7 Å². The van der Waals surface area contributed by atoms with Crippen LogP contribution in [-0.2, 0) is 14.3 Å². The van der Waals surface area contributed by atoms with Crippen LogP contribution in [0.4, 0.5) is 10.8 Å². The molecule has 1 aliphatic rings. The topological polar surface area (TPSA) is 93.7 Å². The highest BCUT2D eigenvalue weighted by molar-refractivity contribution is 8.01. The maximum absolute atomic E-state index is 12.7. The lowest BCUT2D eigenvalue weighted by Gasteiger charge is -2.33. The van der Waals surface area contributed by atoms with Gasteiger partial charge in [-0.3, -0.25) is 4.79 Å². The number of carbonyl (C=O) groups excluding carboxylic acids is 2. The second kappa shape index (κ2) is 11.2. The van der Waals surface area contributed by atoms with E-state index in [-0.39, 0.29) is 17.6 Å². The number of piperidine rings is 1. The highest BCUT2D eigenvalue weighted by Crippen LogP contribution is 2.32. The fraction of sp³-hybridized carbons (Fsp3) is 0.500. The summed E-state index contributed by atoms with van der Waals surface area (Å²) < 4.78 is 11.4. The number of nitrogens with one attached hydrogen (secondary N) is 1. The predicted molar refractivity (Wildman–Crippen MR) is 118 cm³/mol. The summed E-state index contributed by atoms with van der Waals surface area (Å²) in [4.78, 5) is 26.5. The van der Waals surface area contributed by atoms with Crippen LogP contribution >= 0.6 is 23.1 Å². The molecule has 2 aromatic rings. The first-order valence-electron chi connectivity index (χ1n) is 10.0. The van der Waals surface area contributed by atoms with Gasteiger partial charge in [-0.05, 0) is 45.2 Å². The zero-order valence-corrected chi connectivity index (χ0v) is 18.8. The van der Waals surface area contributed by atoms with Crippen molar-refractivity contribution in [2.24, 2.45) is 0 Å². The third-order valence-electron chi connectivity index (χ3n) is 4.54. The molecule has 1 N–H and O–H groups in total. The van der Waals surface area contributed by atoms with E-state index in [2.05, 4.69) is 15.5 Å². The van der Waals surface area contributed by atoms with E-state index < -0.39 is 6.04 Å². The van der Waals surface area contributed by atoms with Crippen molar-refractivity contribution in [2.45, 2.75) is 43.5 Å². The second-order valence-corrected chi connectivity index (χ2v) is 8.77. The lowest BCUT2D eigenvalue weighted by Crippen LogP contribution is -2.49. The third kappa shape index (κ3) is 5.85. The molecule has 1 aromatic carbocycles. The van der Waals surface area contributed by atoms with Gasteiger partial charge in [-0.25, -0.2) is 4.79 Å². The minimum atomic E-state index is -0.478. The molecule has 0 bridgehead atoms. The number of rotatable bonds is 9. The van der Waals surface area contributed by atoms with Crippen LogP contribution in [0.25, 0.3) is 0 Å². The van der Waals surface area contributed by atoms with Crippen molar-refractivity contribution in [3.63, 3.8) is 0 Å². The number of likely N-dealkylation sites (tertiary alicyclic amines) is 1. The molecule has 1 aliphatic heterocycles. The first kappa shape index (κ1) is 22.4. The number of carbonyl (C=O) groups is 2. The second-order valence-electron chi connectivity index (χ2n) is 6.57. The molecule has 1 fully saturated rings. The van der Waals surface area contributed by atoms with Gasteiger partial charge >= 0.3 is 5.97 Å². The van der Waals surface area contributed by atoms with Gasteiger partial charge in [-0.15, -0.1) is 10.2 Å². The van der Waals surface area contributed by atoms with Crippen molar-refractivity contribution < 1.29 is 19.1 Å². The van der Waals surface area contributed by atoms with Gasteiger partial charge in [-0.1, -0.05) is 35.2 Å². The lowest BCUT2D eigenvalue weighted by atomic mass is 10.0. The fourth-order valence-electron chi connectivity index (χ4n) is 3.21. The molecule has 1 atom stereocenters. The lowest BCUT2D eigenvalue weighted by molar-refractivity contribution is -0.155. The molecule has 3 rings (SSSR count). The Kier molecular flexibility index (Phi) is 8.32. The highest BCUT2D eigenvalue weighted by atomic mass is 32.2. The summed E-state index contributed by atoms with van der Waals surface area (Å²) in [5.74, 6) is 0.560. The van der Waals surface area contributed by atoms with Gasteiger partial charge in [0, 0.05) is 6.54 Å². The molecule has 10 heteroatoms. The van der Waals surface area contributed by atoms with Crippen LogP contribution in [0.15, 0.2) is 28.6 Å². The van der Waals surface area contributed by atoms with Gasteiger partial charge in [0.25, 0.3) is 0 Å². The monoisotopic (exact) mass is 450 g/mol. The Morgan fingerprint density at radius 3 is 2.87 bits per heavy atom. The van der Waals surface area contributed by atoms with Gasteiger partial charge in [0.1, 0.15) is 11.8 Å². The van der Waals surface area contributed by atoms with E-state index in [1.54, 1.807) is 11.8 Å². The summed E-state index contributed by atoms with van der Waals surface area (Å²) in [5, 5.41) is 12.1. The molecule has 0 saturated carbocycles. The molecule has 30 heavy (non-hydrogen) atoms. The molecule has 0 radical (unpaired) electrons. The van der Waals surface area contributed by atoms with E-state index >= 15 is 0 Å². The van der Waals surface area contributed by atoms with E-state index in [0.717, 1.165) is 24.3 Å². The summed E-state index contributed by atoms with van der Waals surface area (Å²) in [7, 11) is 0. The van der Waals surface area contributed by atoms with Crippen molar-refractivity contribution in [1.82, 2.24) is 15.1 Å². The number of para-hydroxylation sites is 2. The maximum atomic E-state index is 12.7. The van der Waals surface area contributed by atoms with Crippen LogP contribution < -0.4 is 10.1 Å². The molecule has 8 nitrogen and oxygen atoms in total. The van der Waals surface area contributed by atoms with Crippen LogP contribution in [0.1, 0.15) is 33.1 Å². The first-order valence-corrected chi connectivity index (χ1v) is 11.8. The zero-order chi connectivity index (χ0) is 21.3. The summed E-state index contributed by atoms with van der Waals surface area (Å²) in [6, 6.07) is 7.15. The van der Waals surface area contributed by atoms with Crippen molar-refractivity contribution >= 4 is 45.8 Å². The molecule has 162 valence electrons. The number of thioether (sulfide) groups is 1. The summed E-state index contributed by atoms with van der Waals surface area (Å²) in [6.07, 6.45) is 2.48. The molecule has 1 aromatic heterocycles. The average Bonchev–Trinajstić information content (AvgIpc) is 3.21.